The molecule has 0 saturated carbocycles. The van der Waals surface area contributed by atoms with Crippen molar-refractivity contribution in [2.45, 2.75) is 72.6 Å². The topological polar surface area (TPSA) is 52.8 Å². The highest BCUT2D eigenvalue weighted by Crippen LogP contribution is 2.63. The summed E-state index contributed by atoms with van der Waals surface area (Å²) in [6, 6.07) is 0. The van der Waals surface area contributed by atoms with Crippen molar-refractivity contribution in [1.82, 2.24) is 0 Å². The van der Waals surface area contributed by atoms with Gasteiger partial charge in [-0.15, -0.1) is 0 Å². The first kappa shape index (κ1) is 34.9. The van der Waals surface area contributed by atoms with Gasteiger partial charge in [-0.3, -0.25) is 0 Å². The van der Waals surface area contributed by atoms with Crippen LogP contribution in [-0.4, -0.2) is 112 Å². The zero-order valence-corrected chi connectivity index (χ0v) is 19.6. The molecular weight excluding hydrogens is 612 g/mol. The molecule has 0 bridgehead atoms. The maximum Gasteiger partial charge on any atom is 0.384 e. The van der Waals surface area contributed by atoms with Crippen LogP contribution in [0, 0.1) is 0 Å². The van der Waals surface area contributed by atoms with E-state index in [0.29, 0.717) is 13.2 Å². The van der Waals surface area contributed by atoms with Gasteiger partial charge in [0.05, 0.1) is 46.2 Å². The van der Waals surface area contributed by atoms with Crippen molar-refractivity contribution in [2.24, 2.45) is 0 Å². The highest BCUT2D eigenvalue weighted by atomic mass is 19.4. The molecule has 0 amide bonds. The SMILES string of the molecule is FC(F)C(F)(F)C(F)(F)C(F)(F)C(F)(F)C(F)(F)C(F)(F)C(F)(F)CCOCC(COCC1CO1)OCC1CO1. The maximum absolute atomic E-state index is 13.9. The molecular formula is C19H20F16O5. The van der Waals surface area contributed by atoms with Crippen molar-refractivity contribution in [3.63, 3.8) is 0 Å². The molecule has 2 aliphatic rings. The van der Waals surface area contributed by atoms with Gasteiger partial charge in [-0.1, -0.05) is 0 Å². The normalized spacial score (nSPS) is 22.1. The lowest BCUT2D eigenvalue weighted by atomic mass is 9.88. The number of alkyl halides is 16. The number of hydrogen-bond acceptors (Lipinski definition) is 5. The average Bonchev–Trinajstić information content (AvgIpc) is 3.74. The van der Waals surface area contributed by atoms with E-state index in [1.54, 1.807) is 0 Å². The van der Waals surface area contributed by atoms with Gasteiger partial charge in [-0.05, 0) is 0 Å². The second-order valence-electron chi connectivity index (χ2n) is 8.73. The molecule has 3 unspecified atom stereocenters. The fourth-order valence-electron chi connectivity index (χ4n) is 2.79. The Morgan fingerprint density at radius 3 is 1.50 bits per heavy atom. The molecule has 0 aliphatic carbocycles. The molecule has 2 heterocycles. The minimum atomic E-state index is -8.41. The molecule has 0 radical (unpaired) electrons. The van der Waals surface area contributed by atoms with Crippen LogP contribution in [0.1, 0.15) is 6.42 Å². The molecule has 0 aromatic heterocycles. The third-order valence-corrected chi connectivity index (χ3v) is 5.52. The summed E-state index contributed by atoms with van der Waals surface area (Å²) in [4.78, 5) is 0. The molecule has 2 saturated heterocycles. The molecule has 21 heteroatoms. The van der Waals surface area contributed by atoms with Gasteiger partial charge in [0.25, 0.3) is 0 Å². The van der Waals surface area contributed by atoms with Crippen molar-refractivity contribution in [2.75, 3.05) is 46.2 Å². The van der Waals surface area contributed by atoms with E-state index in [-0.39, 0.29) is 32.0 Å². The van der Waals surface area contributed by atoms with Gasteiger partial charge in [-0.25, -0.2) is 8.78 Å². The quantitative estimate of drug-likeness (QED) is 0.110. The van der Waals surface area contributed by atoms with E-state index in [1.165, 1.54) is 0 Å². The molecule has 5 nitrogen and oxygen atoms in total. The lowest BCUT2D eigenvalue weighted by molar-refractivity contribution is -0.447. The first-order valence-electron chi connectivity index (χ1n) is 10.9. The molecule has 40 heavy (non-hydrogen) atoms. The predicted molar refractivity (Wildman–Crippen MR) is 96.1 cm³/mol. The second kappa shape index (κ2) is 11.8. The van der Waals surface area contributed by atoms with Crippen LogP contribution in [0.5, 0.6) is 0 Å². The Bertz CT molecular complexity index is 831. The van der Waals surface area contributed by atoms with Gasteiger partial charge in [0.2, 0.25) is 0 Å². The molecule has 0 spiro atoms. The third-order valence-electron chi connectivity index (χ3n) is 5.52. The Kier molecular flexibility index (Phi) is 10.2. The van der Waals surface area contributed by atoms with Crippen molar-refractivity contribution >= 4 is 0 Å². The first-order chi connectivity index (χ1) is 18.0. The van der Waals surface area contributed by atoms with Gasteiger partial charge < -0.3 is 23.7 Å². The Labute approximate surface area is 214 Å². The van der Waals surface area contributed by atoms with E-state index < -0.39 is 73.6 Å². The zero-order valence-electron chi connectivity index (χ0n) is 19.6. The van der Waals surface area contributed by atoms with Crippen molar-refractivity contribution in [3.05, 3.63) is 0 Å². The summed E-state index contributed by atoms with van der Waals surface area (Å²) in [6.45, 7) is -2.05. The number of hydrogen-bond donors (Lipinski definition) is 0. The lowest BCUT2D eigenvalue weighted by Gasteiger charge is -2.42. The van der Waals surface area contributed by atoms with Crippen LogP contribution in [0.3, 0.4) is 0 Å². The maximum atomic E-state index is 13.9. The van der Waals surface area contributed by atoms with E-state index in [9.17, 15) is 70.2 Å². The van der Waals surface area contributed by atoms with Crippen molar-refractivity contribution < 1.29 is 93.9 Å². The largest absolute Gasteiger partial charge is 0.384 e. The molecule has 0 aromatic rings. The molecule has 3 atom stereocenters. The summed E-state index contributed by atoms with van der Waals surface area (Å²) in [7, 11) is 0. The van der Waals surface area contributed by atoms with Crippen LogP contribution >= 0.6 is 0 Å². The number of ether oxygens (including phenoxy) is 5. The third kappa shape index (κ3) is 6.67. The fourth-order valence-corrected chi connectivity index (χ4v) is 2.79. The van der Waals surface area contributed by atoms with Crippen LogP contribution in [0.2, 0.25) is 0 Å². The van der Waals surface area contributed by atoms with E-state index >= 15 is 0 Å². The average molecular weight is 632 g/mol. The van der Waals surface area contributed by atoms with Crippen LogP contribution in [0.15, 0.2) is 0 Å². The second-order valence-corrected chi connectivity index (χ2v) is 8.73. The van der Waals surface area contributed by atoms with Crippen molar-refractivity contribution in [1.29, 1.82) is 0 Å². The highest BCUT2D eigenvalue weighted by molar-refractivity contribution is 5.14. The summed E-state index contributed by atoms with van der Waals surface area (Å²) in [6.07, 6.45) is -10.2. The smallest absolute Gasteiger partial charge is 0.378 e. The summed E-state index contributed by atoms with van der Waals surface area (Å²) >= 11 is 0. The van der Waals surface area contributed by atoms with Gasteiger partial charge in [0.1, 0.15) is 18.3 Å². The van der Waals surface area contributed by atoms with Gasteiger partial charge in [-0.2, -0.15) is 61.5 Å². The Morgan fingerprint density at radius 2 is 1.02 bits per heavy atom. The van der Waals surface area contributed by atoms with Crippen LogP contribution in [-0.2, 0) is 23.7 Å². The standard InChI is InChI=1S/C19H20F16O5/c20-12(21)14(24,25)16(28,29)18(32,33)19(34,35)17(30,31)15(26,27)13(22,23)1-2-36-3-9(38-7-11-8-40-11)4-37-5-10-6-39-10/h9-12H,1-8H2. The monoisotopic (exact) mass is 632 g/mol. The Balaban J connectivity index is 2.09. The number of halogens is 16. The fraction of sp³-hybridized carbons (Fsp3) is 1.00. The van der Waals surface area contributed by atoms with E-state index in [4.69, 9.17) is 18.9 Å². The Hall–Kier alpha value is -1.32. The van der Waals surface area contributed by atoms with Crippen LogP contribution in [0.4, 0.5) is 70.2 Å². The van der Waals surface area contributed by atoms with Gasteiger partial charge in [0.15, 0.2) is 0 Å². The zero-order chi connectivity index (χ0) is 31.0. The van der Waals surface area contributed by atoms with Gasteiger partial charge >= 0.3 is 47.9 Å². The first-order valence-corrected chi connectivity index (χ1v) is 10.9. The number of epoxide rings is 2. The van der Waals surface area contributed by atoms with Crippen LogP contribution < -0.4 is 0 Å². The predicted octanol–water partition coefficient (Wildman–Crippen LogP) is 5.30. The molecule has 0 N–H and O–H groups in total. The summed E-state index contributed by atoms with van der Waals surface area (Å²) < 4.78 is 238. The molecule has 2 rings (SSSR count). The highest BCUT2D eigenvalue weighted by Gasteiger charge is 2.93. The Morgan fingerprint density at radius 1 is 0.600 bits per heavy atom. The van der Waals surface area contributed by atoms with Gasteiger partial charge in [0, 0.05) is 6.42 Å². The van der Waals surface area contributed by atoms with E-state index in [2.05, 4.69) is 4.74 Å². The lowest BCUT2D eigenvalue weighted by Crippen LogP contribution is -2.73. The van der Waals surface area contributed by atoms with Crippen molar-refractivity contribution in [3.8, 4) is 0 Å². The minimum absolute atomic E-state index is 0.0559. The minimum Gasteiger partial charge on any atom is -0.378 e. The summed E-state index contributed by atoms with van der Waals surface area (Å²) in [5.41, 5.74) is 0. The summed E-state index contributed by atoms with van der Waals surface area (Å²) in [5, 5.41) is 0. The number of rotatable bonds is 19. The van der Waals surface area contributed by atoms with Crippen LogP contribution in [0.25, 0.3) is 0 Å². The van der Waals surface area contributed by atoms with E-state index in [0.717, 1.165) is 0 Å². The van der Waals surface area contributed by atoms with E-state index in [1.807, 2.05) is 0 Å². The molecule has 2 aliphatic heterocycles. The molecule has 238 valence electrons. The molecule has 0 aromatic carbocycles. The summed E-state index contributed by atoms with van der Waals surface area (Å²) in [5.74, 6) is -54.6. The molecule has 2 fully saturated rings.